The highest BCUT2D eigenvalue weighted by molar-refractivity contribution is 6.00. The van der Waals surface area contributed by atoms with E-state index in [1.54, 1.807) is 38.5 Å². The van der Waals surface area contributed by atoms with Crippen molar-refractivity contribution >= 4 is 23.3 Å². The number of ether oxygens (including phenoxy) is 2. The number of anilines is 2. The van der Waals surface area contributed by atoms with Crippen LogP contribution in [-0.4, -0.2) is 37.6 Å². The molecule has 0 aliphatic carbocycles. The lowest BCUT2D eigenvalue weighted by molar-refractivity contribution is 0.0734. The van der Waals surface area contributed by atoms with Crippen LogP contribution in [0.25, 0.3) is 0 Å². The van der Waals surface area contributed by atoms with Crippen molar-refractivity contribution in [3.63, 3.8) is 0 Å². The van der Waals surface area contributed by atoms with Gasteiger partial charge in [0, 0.05) is 30.0 Å². The van der Waals surface area contributed by atoms with Crippen molar-refractivity contribution in [3.05, 3.63) is 83.4 Å². The zero-order valence-corrected chi connectivity index (χ0v) is 18.1. The highest BCUT2D eigenvalue weighted by Crippen LogP contribution is 2.33. The molecular formula is C25H25N3O4. The molecule has 1 aliphatic rings. The first-order chi connectivity index (χ1) is 15.6. The summed E-state index contributed by atoms with van der Waals surface area (Å²) < 4.78 is 10.8. The number of carbonyl (C=O) groups excluding carboxylic acids is 2. The summed E-state index contributed by atoms with van der Waals surface area (Å²) in [4.78, 5) is 27.0. The maximum Gasteiger partial charge on any atom is 0.323 e. The molecule has 0 fully saturated rings. The highest BCUT2D eigenvalue weighted by Gasteiger charge is 2.23. The molecule has 0 bridgehead atoms. The fourth-order valence-electron chi connectivity index (χ4n) is 3.75. The molecule has 4 rings (SSSR count). The van der Waals surface area contributed by atoms with Crippen molar-refractivity contribution in [2.75, 3.05) is 31.4 Å². The molecule has 164 valence electrons. The van der Waals surface area contributed by atoms with Gasteiger partial charge < -0.3 is 25.0 Å². The normalized spacial score (nSPS) is 12.5. The molecule has 0 atom stereocenters. The van der Waals surface area contributed by atoms with E-state index in [9.17, 15) is 9.59 Å². The Hall–Kier alpha value is -4.00. The van der Waals surface area contributed by atoms with Gasteiger partial charge >= 0.3 is 6.03 Å². The first-order valence-corrected chi connectivity index (χ1v) is 10.3. The smallest absolute Gasteiger partial charge is 0.323 e. The molecule has 3 aromatic rings. The van der Waals surface area contributed by atoms with Gasteiger partial charge in [0.2, 0.25) is 0 Å². The van der Waals surface area contributed by atoms with Gasteiger partial charge in [-0.15, -0.1) is 0 Å². The van der Waals surface area contributed by atoms with Crippen LogP contribution in [0.15, 0.2) is 66.7 Å². The number of fused-ring (bicyclic) bond motifs is 1. The number of rotatable bonds is 5. The van der Waals surface area contributed by atoms with Gasteiger partial charge in [-0.25, -0.2) is 4.79 Å². The van der Waals surface area contributed by atoms with Gasteiger partial charge in [-0.1, -0.05) is 18.2 Å². The molecule has 3 amide bonds. The van der Waals surface area contributed by atoms with Crippen molar-refractivity contribution in [1.29, 1.82) is 0 Å². The van der Waals surface area contributed by atoms with Gasteiger partial charge in [0.25, 0.3) is 5.91 Å². The van der Waals surface area contributed by atoms with Gasteiger partial charge in [0.1, 0.15) is 0 Å². The van der Waals surface area contributed by atoms with Crippen LogP contribution >= 0.6 is 0 Å². The summed E-state index contributed by atoms with van der Waals surface area (Å²) in [5.41, 5.74) is 4.10. The number of para-hydroxylation sites is 1. The number of carbonyl (C=O) groups is 2. The molecule has 3 aromatic carbocycles. The average Bonchev–Trinajstić information content (AvgIpc) is 2.83. The first kappa shape index (κ1) is 21.2. The second kappa shape index (κ2) is 9.43. The SMILES string of the molecule is COc1cc2c(cc1OC)CN(C(=O)c1ccc(NC(=O)Nc3ccccc3)cc1)CC2. The topological polar surface area (TPSA) is 79.9 Å². The molecular weight excluding hydrogens is 406 g/mol. The average molecular weight is 431 g/mol. The van der Waals surface area contributed by atoms with Crippen molar-refractivity contribution in [2.45, 2.75) is 13.0 Å². The van der Waals surface area contributed by atoms with E-state index in [0.29, 0.717) is 41.5 Å². The minimum Gasteiger partial charge on any atom is -0.493 e. The molecule has 1 aliphatic heterocycles. The summed E-state index contributed by atoms with van der Waals surface area (Å²) in [6, 6.07) is 19.7. The largest absolute Gasteiger partial charge is 0.493 e. The van der Waals surface area contributed by atoms with Crippen LogP contribution < -0.4 is 20.1 Å². The summed E-state index contributed by atoms with van der Waals surface area (Å²) >= 11 is 0. The standard InChI is InChI=1S/C25H25N3O4/c1-31-22-14-18-12-13-28(16-19(18)15-23(22)32-2)24(29)17-8-10-21(11-9-17)27-25(30)26-20-6-4-3-5-7-20/h3-11,14-15H,12-13,16H2,1-2H3,(H2,26,27,30). The summed E-state index contributed by atoms with van der Waals surface area (Å²) in [5, 5.41) is 5.53. The summed E-state index contributed by atoms with van der Waals surface area (Å²) in [6.45, 7) is 1.13. The van der Waals surface area contributed by atoms with Gasteiger partial charge in [0.05, 0.1) is 14.2 Å². The van der Waals surface area contributed by atoms with Crippen molar-refractivity contribution in [3.8, 4) is 11.5 Å². The Morgan fingerprint density at radius 2 is 1.41 bits per heavy atom. The van der Waals surface area contributed by atoms with Crippen LogP contribution in [0.3, 0.4) is 0 Å². The highest BCUT2D eigenvalue weighted by atomic mass is 16.5. The Labute approximate surface area is 187 Å². The molecule has 0 spiro atoms. The second-order valence-corrected chi connectivity index (χ2v) is 7.48. The minimum atomic E-state index is -0.340. The van der Waals surface area contributed by atoms with Crippen molar-refractivity contribution in [2.24, 2.45) is 0 Å². The van der Waals surface area contributed by atoms with Crippen LogP contribution in [-0.2, 0) is 13.0 Å². The molecule has 7 nitrogen and oxygen atoms in total. The maximum atomic E-state index is 13.0. The Bertz CT molecular complexity index is 1110. The molecule has 7 heteroatoms. The lowest BCUT2D eigenvalue weighted by atomic mass is 9.98. The minimum absolute atomic E-state index is 0.0503. The van der Waals surface area contributed by atoms with Gasteiger partial charge in [0.15, 0.2) is 11.5 Å². The van der Waals surface area contributed by atoms with Crippen LogP contribution in [0.1, 0.15) is 21.5 Å². The third-order valence-corrected chi connectivity index (χ3v) is 5.43. The predicted molar refractivity (Wildman–Crippen MR) is 124 cm³/mol. The zero-order chi connectivity index (χ0) is 22.5. The molecule has 0 unspecified atom stereocenters. The van der Waals surface area contributed by atoms with E-state index in [1.807, 2.05) is 47.4 Å². The summed E-state index contributed by atoms with van der Waals surface area (Å²) in [6.07, 6.45) is 0.751. The Morgan fingerprint density at radius 1 is 0.812 bits per heavy atom. The lowest BCUT2D eigenvalue weighted by Gasteiger charge is -2.29. The Morgan fingerprint density at radius 3 is 2.03 bits per heavy atom. The van der Waals surface area contributed by atoms with E-state index in [1.165, 1.54) is 0 Å². The number of urea groups is 1. The van der Waals surface area contributed by atoms with E-state index in [4.69, 9.17) is 9.47 Å². The second-order valence-electron chi connectivity index (χ2n) is 7.48. The summed E-state index contributed by atoms with van der Waals surface area (Å²) in [7, 11) is 3.22. The molecule has 2 N–H and O–H groups in total. The first-order valence-electron chi connectivity index (χ1n) is 10.3. The van der Waals surface area contributed by atoms with E-state index >= 15 is 0 Å². The number of hydrogen-bond donors (Lipinski definition) is 2. The van der Waals surface area contributed by atoms with Crippen LogP contribution in [0.4, 0.5) is 16.2 Å². The Kier molecular flexibility index (Phi) is 6.26. The number of methoxy groups -OCH3 is 2. The Balaban J connectivity index is 1.40. The quantitative estimate of drug-likeness (QED) is 0.621. The number of benzene rings is 3. The van der Waals surface area contributed by atoms with Crippen molar-refractivity contribution in [1.82, 2.24) is 4.90 Å². The van der Waals surface area contributed by atoms with Gasteiger partial charge in [-0.3, -0.25) is 4.79 Å². The third kappa shape index (κ3) is 4.67. The number of hydrogen-bond acceptors (Lipinski definition) is 4. The number of nitrogens with one attached hydrogen (secondary N) is 2. The molecule has 32 heavy (non-hydrogen) atoms. The van der Waals surface area contributed by atoms with Crippen LogP contribution in [0.2, 0.25) is 0 Å². The van der Waals surface area contributed by atoms with E-state index in [0.717, 1.165) is 17.5 Å². The van der Waals surface area contributed by atoms with E-state index < -0.39 is 0 Å². The van der Waals surface area contributed by atoms with Gasteiger partial charge in [-0.2, -0.15) is 0 Å². The monoisotopic (exact) mass is 431 g/mol. The van der Waals surface area contributed by atoms with E-state index in [2.05, 4.69) is 10.6 Å². The van der Waals surface area contributed by atoms with Gasteiger partial charge in [-0.05, 0) is 66.1 Å². The number of nitrogens with zero attached hydrogens (tertiary/aromatic N) is 1. The zero-order valence-electron chi connectivity index (χ0n) is 18.1. The fourth-order valence-corrected chi connectivity index (χ4v) is 3.75. The predicted octanol–water partition coefficient (Wildman–Crippen LogP) is 4.55. The lowest BCUT2D eigenvalue weighted by Crippen LogP contribution is -2.36. The van der Waals surface area contributed by atoms with Crippen molar-refractivity contribution < 1.29 is 19.1 Å². The number of amides is 3. The summed E-state index contributed by atoms with van der Waals surface area (Å²) in [5.74, 6) is 1.31. The molecule has 1 heterocycles. The molecule has 0 saturated carbocycles. The van der Waals surface area contributed by atoms with Crippen LogP contribution in [0, 0.1) is 0 Å². The van der Waals surface area contributed by atoms with E-state index in [-0.39, 0.29) is 11.9 Å². The molecule has 0 aromatic heterocycles. The third-order valence-electron chi connectivity index (χ3n) is 5.43. The molecule has 0 saturated heterocycles. The fraction of sp³-hybridized carbons (Fsp3) is 0.200. The van der Waals surface area contributed by atoms with Crippen LogP contribution in [0.5, 0.6) is 11.5 Å². The maximum absolute atomic E-state index is 13.0. The molecule has 0 radical (unpaired) electrons.